The Labute approximate surface area is 151 Å². The van der Waals surface area contributed by atoms with E-state index in [1.54, 1.807) is 0 Å². The van der Waals surface area contributed by atoms with Gasteiger partial charge in [-0.3, -0.25) is 0 Å². The molecule has 24 heavy (non-hydrogen) atoms. The molecule has 4 rings (SSSR count). The average Bonchev–Trinajstić information content (AvgIpc) is 2.75. The van der Waals surface area contributed by atoms with Crippen LogP contribution in [0.3, 0.4) is 0 Å². The molecule has 0 amide bonds. The summed E-state index contributed by atoms with van der Waals surface area (Å²) in [7, 11) is 0. The summed E-state index contributed by atoms with van der Waals surface area (Å²) < 4.78 is 19.9. The second kappa shape index (κ2) is 19.4. The summed E-state index contributed by atoms with van der Waals surface area (Å²) in [4.78, 5) is 0. The van der Waals surface area contributed by atoms with E-state index in [4.69, 9.17) is 18.9 Å². The minimum atomic E-state index is 0.778. The molecule has 0 aromatic rings. The fraction of sp³-hybridized carbons (Fsp3) is 1.00. The summed E-state index contributed by atoms with van der Waals surface area (Å²) in [5, 5.41) is 6.44. The lowest BCUT2D eigenvalue weighted by atomic mass is 10.2. The lowest BCUT2D eigenvalue weighted by molar-refractivity contribution is -0.0334. The summed E-state index contributed by atoms with van der Waals surface area (Å²) in [5.41, 5.74) is 0. The second-order valence-electron chi connectivity index (χ2n) is 5.62. The van der Waals surface area contributed by atoms with Crippen LogP contribution in [0.25, 0.3) is 0 Å². The van der Waals surface area contributed by atoms with Crippen LogP contribution in [0.4, 0.5) is 0 Å². The highest BCUT2D eigenvalue weighted by atomic mass is 32.2. The molecule has 6 nitrogen and oxygen atoms in total. The Morgan fingerprint density at radius 2 is 0.917 bits per heavy atom. The van der Waals surface area contributed by atoms with Gasteiger partial charge in [-0.2, -0.15) is 11.8 Å². The maximum atomic E-state index is 5.05. The van der Waals surface area contributed by atoms with E-state index in [-0.39, 0.29) is 0 Å². The monoisotopic (exact) mass is 364 g/mol. The van der Waals surface area contributed by atoms with Crippen LogP contribution in [-0.4, -0.2) is 90.5 Å². The predicted octanol–water partition coefficient (Wildman–Crippen LogP) is 1.15. The van der Waals surface area contributed by atoms with Crippen LogP contribution in [0.1, 0.15) is 19.3 Å². The van der Waals surface area contributed by atoms with Gasteiger partial charge in [0.15, 0.2) is 0 Å². The number of thioether (sulfide) groups is 1. The van der Waals surface area contributed by atoms with E-state index in [0.29, 0.717) is 0 Å². The first-order valence-electron chi connectivity index (χ1n) is 9.30. The van der Waals surface area contributed by atoms with Gasteiger partial charge in [-0.1, -0.05) is 6.42 Å². The van der Waals surface area contributed by atoms with Crippen molar-refractivity contribution in [3.05, 3.63) is 0 Å². The third-order valence-electron chi connectivity index (χ3n) is 3.54. The van der Waals surface area contributed by atoms with E-state index in [9.17, 15) is 0 Å². The molecule has 4 aliphatic heterocycles. The number of rotatable bonds is 0. The molecular formula is C17H36N2O4S. The molecule has 0 saturated carbocycles. The minimum Gasteiger partial charge on any atom is -0.380 e. The fourth-order valence-electron chi connectivity index (χ4n) is 2.20. The van der Waals surface area contributed by atoms with Crippen molar-refractivity contribution in [3.8, 4) is 0 Å². The number of piperidine rings is 1. The zero-order valence-corrected chi connectivity index (χ0v) is 15.9. The van der Waals surface area contributed by atoms with Gasteiger partial charge in [-0.05, 0) is 25.9 Å². The van der Waals surface area contributed by atoms with Gasteiger partial charge in [0.1, 0.15) is 0 Å². The highest BCUT2D eigenvalue weighted by Gasteiger charge is 1.96. The van der Waals surface area contributed by atoms with Gasteiger partial charge in [0.25, 0.3) is 0 Å². The molecule has 4 heterocycles. The molecule has 0 radical (unpaired) electrons. The fourth-order valence-corrected chi connectivity index (χ4v) is 2.87. The third-order valence-corrected chi connectivity index (χ3v) is 4.45. The molecule has 4 saturated heterocycles. The van der Waals surface area contributed by atoms with Gasteiger partial charge in [0.05, 0.1) is 52.9 Å². The smallest absolute Gasteiger partial charge is 0.0701 e. The molecule has 0 spiro atoms. The zero-order chi connectivity index (χ0) is 17.0. The maximum Gasteiger partial charge on any atom is 0.0701 e. The first kappa shape index (κ1) is 22.2. The minimum absolute atomic E-state index is 0.778. The largest absolute Gasteiger partial charge is 0.380 e. The molecule has 0 bridgehead atoms. The quantitative estimate of drug-likeness (QED) is 0.668. The summed E-state index contributed by atoms with van der Waals surface area (Å²) in [5.74, 6) is 2.39. The van der Waals surface area contributed by atoms with Gasteiger partial charge in [0, 0.05) is 24.6 Å². The normalized spacial score (nSPS) is 24.0. The van der Waals surface area contributed by atoms with E-state index in [0.717, 1.165) is 65.9 Å². The Bertz CT molecular complexity index is 141. The third kappa shape index (κ3) is 17.0. The van der Waals surface area contributed by atoms with E-state index in [1.807, 2.05) is 11.8 Å². The van der Waals surface area contributed by atoms with Crippen LogP contribution in [0, 0.1) is 0 Å². The van der Waals surface area contributed by atoms with E-state index in [2.05, 4.69) is 10.6 Å². The Balaban J connectivity index is 0.000000160. The Hall–Kier alpha value is 0.110. The van der Waals surface area contributed by atoms with E-state index >= 15 is 0 Å². The Morgan fingerprint density at radius 3 is 1.08 bits per heavy atom. The SMILES string of the molecule is C1CCNCC1.C1COCCN1.C1COCCO1.C1CSCCO1. The van der Waals surface area contributed by atoms with Crippen molar-refractivity contribution in [2.24, 2.45) is 0 Å². The van der Waals surface area contributed by atoms with Gasteiger partial charge in [0.2, 0.25) is 0 Å². The average molecular weight is 365 g/mol. The van der Waals surface area contributed by atoms with Crippen molar-refractivity contribution in [2.45, 2.75) is 19.3 Å². The van der Waals surface area contributed by atoms with E-state index in [1.165, 1.54) is 43.9 Å². The lowest BCUT2D eigenvalue weighted by Gasteiger charge is -2.10. The van der Waals surface area contributed by atoms with E-state index < -0.39 is 0 Å². The maximum absolute atomic E-state index is 5.05. The van der Waals surface area contributed by atoms with Crippen LogP contribution < -0.4 is 10.6 Å². The lowest BCUT2D eigenvalue weighted by Crippen LogP contribution is -2.30. The number of hydrogen-bond acceptors (Lipinski definition) is 7. The highest BCUT2D eigenvalue weighted by Crippen LogP contribution is 2.03. The van der Waals surface area contributed by atoms with Crippen molar-refractivity contribution in [2.75, 3.05) is 90.5 Å². The molecular weight excluding hydrogens is 328 g/mol. The zero-order valence-electron chi connectivity index (χ0n) is 15.1. The van der Waals surface area contributed by atoms with Crippen molar-refractivity contribution >= 4 is 11.8 Å². The molecule has 4 fully saturated rings. The Morgan fingerprint density at radius 1 is 0.458 bits per heavy atom. The van der Waals surface area contributed by atoms with Gasteiger partial charge in [-0.15, -0.1) is 0 Å². The number of hydrogen-bond donors (Lipinski definition) is 2. The highest BCUT2D eigenvalue weighted by molar-refractivity contribution is 7.99. The summed E-state index contributed by atoms with van der Waals surface area (Å²) in [6.07, 6.45) is 4.22. The van der Waals surface area contributed by atoms with Crippen LogP contribution in [0.2, 0.25) is 0 Å². The Kier molecular flexibility index (Phi) is 17.9. The number of morpholine rings is 1. The molecule has 0 aromatic heterocycles. The van der Waals surface area contributed by atoms with Crippen LogP contribution in [0.5, 0.6) is 0 Å². The van der Waals surface area contributed by atoms with Crippen molar-refractivity contribution in [1.82, 2.24) is 10.6 Å². The summed E-state index contributed by atoms with van der Waals surface area (Å²) in [6.45, 7) is 11.4. The number of nitrogens with one attached hydrogen (secondary N) is 2. The number of ether oxygens (including phenoxy) is 4. The van der Waals surface area contributed by atoms with Crippen molar-refractivity contribution < 1.29 is 18.9 Å². The summed E-state index contributed by atoms with van der Waals surface area (Å²) >= 11 is 1.97. The summed E-state index contributed by atoms with van der Waals surface area (Å²) in [6, 6.07) is 0. The predicted molar refractivity (Wildman–Crippen MR) is 100 cm³/mol. The van der Waals surface area contributed by atoms with Gasteiger partial charge in [-0.25, -0.2) is 0 Å². The molecule has 144 valence electrons. The van der Waals surface area contributed by atoms with Crippen LogP contribution in [0.15, 0.2) is 0 Å². The first-order valence-corrected chi connectivity index (χ1v) is 10.5. The van der Waals surface area contributed by atoms with Crippen molar-refractivity contribution in [1.29, 1.82) is 0 Å². The molecule has 7 heteroatoms. The second-order valence-corrected chi connectivity index (χ2v) is 6.85. The molecule has 0 aliphatic carbocycles. The molecule has 2 N–H and O–H groups in total. The van der Waals surface area contributed by atoms with Crippen molar-refractivity contribution in [3.63, 3.8) is 0 Å². The molecule has 0 unspecified atom stereocenters. The molecule has 0 atom stereocenters. The molecule has 4 aliphatic rings. The molecule has 0 aromatic carbocycles. The van der Waals surface area contributed by atoms with Crippen LogP contribution in [-0.2, 0) is 18.9 Å². The first-order chi connectivity index (χ1) is 12.0. The van der Waals surface area contributed by atoms with Gasteiger partial charge < -0.3 is 29.6 Å². The van der Waals surface area contributed by atoms with Gasteiger partial charge >= 0.3 is 0 Å². The standard InChI is InChI=1S/C5H11N.C4H9NO.C4H8O2.C4H8OS/c1-2-4-6-5-3-1;1-3-6-4-2-5-1;1-2-6-4-3-5-1;1-3-6-4-2-5-1/h6H,1-5H2;5H,1-4H2;2*1-4H2. The van der Waals surface area contributed by atoms with Crippen LogP contribution >= 0.6 is 11.8 Å². The topological polar surface area (TPSA) is 61.0 Å².